The normalized spacial score (nSPS) is 14.2. The summed E-state index contributed by atoms with van der Waals surface area (Å²) in [7, 11) is 0. The highest BCUT2D eigenvalue weighted by Crippen LogP contribution is 2.47. The third-order valence-electron chi connectivity index (χ3n) is 13.8. The van der Waals surface area contributed by atoms with Gasteiger partial charge in [0.05, 0.1) is 42.5 Å². The van der Waals surface area contributed by atoms with Gasteiger partial charge < -0.3 is 8.80 Å². The number of para-hydroxylation sites is 2. The minimum atomic E-state index is 0.0220. The first-order valence-electron chi connectivity index (χ1n) is 20.1. The molecule has 14 rings (SSSR count). The second-order valence-corrected chi connectivity index (χ2v) is 20.9. The standard InChI is InChI=1S/C50H36B2N2S2/c1-49(2,3)25-11-7-13-27(23-25)51(28-14-8-12-26(24-28)50(4,5)6)40-47-45-39-46-48(40)56-36-18-10-16-32-34-22-20-30-29-19-21-33-31-15-9-17-35(55-47)41(31)53(45)43(33)37(29)52(39)38(30)44(34)54(46)42(32)36/h7-24H,1-6H3. The number of aromatic nitrogens is 2. The molecule has 11 aromatic rings. The maximum Gasteiger partial charge on any atom is 0.253 e. The van der Waals surface area contributed by atoms with Crippen LogP contribution in [0.1, 0.15) is 52.7 Å². The maximum absolute atomic E-state index is 2.74. The van der Waals surface area contributed by atoms with Gasteiger partial charge in [-0.1, -0.05) is 150 Å². The molecular formula is C50H36B2N2S2. The Labute approximate surface area is 333 Å². The maximum atomic E-state index is 2.74. The molecule has 0 atom stereocenters. The number of benzene rings is 7. The Morgan fingerprint density at radius 1 is 0.464 bits per heavy atom. The van der Waals surface area contributed by atoms with Gasteiger partial charge in [0.2, 0.25) is 6.71 Å². The van der Waals surface area contributed by atoms with Crippen molar-refractivity contribution >= 4 is 142 Å². The zero-order valence-electron chi connectivity index (χ0n) is 32.3. The molecule has 0 unspecified atom stereocenters. The first kappa shape index (κ1) is 30.9. The lowest BCUT2D eigenvalue weighted by molar-refractivity contribution is 0.590. The van der Waals surface area contributed by atoms with Gasteiger partial charge in [0.15, 0.2) is 0 Å². The topological polar surface area (TPSA) is 8.82 Å². The van der Waals surface area contributed by atoms with Crippen molar-refractivity contribution in [2.75, 3.05) is 0 Å². The van der Waals surface area contributed by atoms with Gasteiger partial charge in [0, 0.05) is 30.9 Å². The van der Waals surface area contributed by atoms with Crippen molar-refractivity contribution in [2.24, 2.45) is 0 Å². The van der Waals surface area contributed by atoms with Gasteiger partial charge in [-0.2, -0.15) is 0 Å². The summed E-state index contributed by atoms with van der Waals surface area (Å²) >= 11 is 4.06. The Bertz CT molecular complexity index is 3450. The van der Waals surface area contributed by atoms with E-state index in [4.69, 9.17) is 0 Å². The lowest BCUT2D eigenvalue weighted by Crippen LogP contribution is -2.57. The van der Waals surface area contributed by atoms with Crippen molar-refractivity contribution in [3.05, 3.63) is 120 Å². The monoisotopic (exact) mass is 750 g/mol. The van der Waals surface area contributed by atoms with E-state index in [1.807, 2.05) is 22.7 Å². The Kier molecular flexibility index (Phi) is 5.30. The van der Waals surface area contributed by atoms with Crippen LogP contribution >= 0.6 is 22.7 Å². The molecule has 0 fully saturated rings. The summed E-state index contributed by atoms with van der Waals surface area (Å²) in [4.78, 5) is 0. The molecule has 0 bridgehead atoms. The van der Waals surface area contributed by atoms with E-state index in [-0.39, 0.29) is 24.3 Å². The average Bonchev–Trinajstić information content (AvgIpc) is 3.83. The molecule has 3 aliphatic heterocycles. The summed E-state index contributed by atoms with van der Waals surface area (Å²) in [6.07, 6.45) is 0. The zero-order chi connectivity index (χ0) is 37.3. The lowest BCUT2D eigenvalue weighted by atomic mass is 9.34. The molecular weight excluding hydrogens is 714 g/mol. The second kappa shape index (κ2) is 9.62. The van der Waals surface area contributed by atoms with E-state index in [1.54, 1.807) is 0 Å². The predicted octanol–water partition coefficient (Wildman–Crippen LogP) is 9.47. The van der Waals surface area contributed by atoms with E-state index in [9.17, 15) is 0 Å². The Balaban J connectivity index is 1.30. The fourth-order valence-electron chi connectivity index (χ4n) is 11.4. The molecule has 0 saturated heterocycles. The number of hydrogen-bond donors (Lipinski definition) is 0. The third kappa shape index (κ3) is 3.40. The van der Waals surface area contributed by atoms with Crippen LogP contribution in [0, 0.1) is 0 Å². The van der Waals surface area contributed by atoms with Crippen LogP contribution in [-0.2, 0) is 10.8 Å². The Morgan fingerprint density at radius 3 is 1.38 bits per heavy atom. The fraction of sp³-hybridized carbons (Fsp3) is 0.160. The van der Waals surface area contributed by atoms with Crippen molar-refractivity contribution in [3.8, 4) is 11.1 Å². The Hall–Kier alpha value is -5.29. The second-order valence-electron chi connectivity index (χ2n) is 18.8. The summed E-state index contributed by atoms with van der Waals surface area (Å²) in [5, 5.41) is 5.52. The molecule has 56 heavy (non-hydrogen) atoms. The van der Waals surface area contributed by atoms with E-state index in [0.717, 1.165) is 0 Å². The summed E-state index contributed by atoms with van der Waals surface area (Å²) in [5.74, 6) is 0. The van der Waals surface area contributed by atoms with Crippen LogP contribution in [0.2, 0.25) is 0 Å². The van der Waals surface area contributed by atoms with Crippen LogP contribution in [0.3, 0.4) is 0 Å². The molecule has 0 aliphatic carbocycles. The molecule has 2 nitrogen and oxygen atoms in total. The highest BCUT2D eigenvalue weighted by atomic mass is 32.1. The van der Waals surface area contributed by atoms with Crippen molar-refractivity contribution in [3.63, 3.8) is 0 Å². The summed E-state index contributed by atoms with van der Waals surface area (Å²) in [6, 6.07) is 43.0. The minimum absolute atomic E-state index is 0.0220. The molecule has 264 valence electrons. The molecule has 0 spiro atoms. The molecule has 7 aromatic carbocycles. The van der Waals surface area contributed by atoms with E-state index in [2.05, 4.69) is 160 Å². The minimum Gasteiger partial charge on any atom is -0.307 e. The molecule has 0 saturated carbocycles. The highest BCUT2D eigenvalue weighted by Gasteiger charge is 2.47. The van der Waals surface area contributed by atoms with Gasteiger partial charge in [0.25, 0.3) is 6.71 Å². The average molecular weight is 751 g/mol. The van der Waals surface area contributed by atoms with Gasteiger partial charge >= 0.3 is 0 Å². The van der Waals surface area contributed by atoms with Gasteiger partial charge in [0.1, 0.15) is 0 Å². The fourth-order valence-corrected chi connectivity index (χ4v) is 14.1. The highest BCUT2D eigenvalue weighted by molar-refractivity contribution is 7.31. The van der Waals surface area contributed by atoms with Crippen molar-refractivity contribution in [1.82, 2.24) is 8.80 Å². The van der Waals surface area contributed by atoms with Gasteiger partial charge in [-0.25, -0.2) is 0 Å². The molecule has 0 radical (unpaired) electrons. The van der Waals surface area contributed by atoms with Crippen LogP contribution in [0.4, 0.5) is 0 Å². The molecule has 3 aliphatic rings. The molecule has 0 N–H and O–H groups in total. The van der Waals surface area contributed by atoms with Crippen molar-refractivity contribution < 1.29 is 0 Å². The predicted molar refractivity (Wildman–Crippen MR) is 248 cm³/mol. The largest absolute Gasteiger partial charge is 0.307 e. The van der Waals surface area contributed by atoms with Gasteiger partial charge in [-0.05, 0) is 67.1 Å². The first-order chi connectivity index (χ1) is 27.1. The van der Waals surface area contributed by atoms with Crippen LogP contribution < -0.4 is 32.8 Å². The SMILES string of the molecule is CC(C)(C)c1cccc(B(c2cccc(C(C)(C)C)c2)c2c3sc4cccc5c6ccc7c8c6n(c3c3c6c2sc2cccc9c%10ccc-7c(c%10n6c29)B38)c45)c1. The lowest BCUT2D eigenvalue weighted by Gasteiger charge is -2.31. The smallest absolute Gasteiger partial charge is 0.253 e. The number of nitrogens with zero attached hydrogens (tertiary/aromatic N) is 2. The van der Waals surface area contributed by atoms with E-state index >= 15 is 0 Å². The number of fused-ring (bicyclic) bond motifs is 3. The zero-order valence-corrected chi connectivity index (χ0v) is 33.9. The summed E-state index contributed by atoms with van der Waals surface area (Å²) < 4.78 is 11.1. The molecule has 4 aromatic heterocycles. The molecule has 7 heterocycles. The van der Waals surface area contributed by atoms with E-state index < -0.39 is 0 Å². The number of rotatable bonds is 3. The summed E-state index contributed by atoms with van der Waals surface area (Å²) in [5.41, 5.74) is 22.8. The van der Waals surface area contributed by atoms with Crippen LogP contribution in [-0.4, -0.2) is 22.2 Å². The third-order valence-corrected chi connectivity index (χ3v) is 16.2. The molecule has 0 amide bonds. The van der Waals surface area contributed by atoms with E-state index in [0.29, 0.717) is 0 Å². The van der Waals surface area contributed by atoms with Gasteiger partial charge in [-0.3, -0.25) is 0 Å². The summed E-state index contributed by atoms with van der Waals surface area (Å²) in [6.45, 7) is 14.3. The number of hydrogen-bond acceptors (Lipinski definition) is 2. The van der Waals surface area contributed by atoms with Crippen LogP contribution in [0.15, 0.2) is 109 Å². The van der Waals surface area contributed by atoms with Crippen LogP contribution in [0.25, 0.3) is 84.6 Å². The first-order valence-corrected chi connectivity index (χ1v) is 21.7. The van der Waals surface area contributed by atoms with E-state index in [1.165, 1.54) is 128 Å². The van der Waals surface area contributed by atoms with Gasteiger partial charge in [-0.15, -0.1) is 22.7 Å². The Morgan fingerprint density at radius 2 is 0.911 bits per heavy atom. The molecule has 6 heteroatoms. The quantitative estimate of drug-likeness (QED) is 0.126. The van der Waals surface area contributed by atoms with Crippen LogP contribution in [0.5, 0.6) is 0 Å². The van der Waals surface area contributed by atoms with Crippen molar-refractivity contribution in [2.45, 2.75) is 52.4 Å². The van der Waals surface area contributed by atoms with Crippen molar-refractivity contribution in [1.29, 1.82) is 0 Å².